The Morgan fingerprint density at radius 1 is 1.21 bits per heavy atom. The van der Waals surface area contributed by atoms with Gasteiger partial charge >= 0.3 is 0 Å². The van der Waals surface area contributed by atoms with Gasteiger partial charge in [-0.3, -0.25) is 4.79 Å². The SMILES string of the molecule is COc1ccccc1C(=O)Nc1cc(Br)ccc1C. The third kappa shape index (κ3) is 3.15. The molecule has 0 aliphatic heterocycles. The van der Waals surface area contributed by atoms with Gasteiger partial charge in [0.05, 0.1) is 12.7 Å². The highest BCUT2D eigenvalue weighted by Gasteiger charge is 2.12. The monoisotopic (exact) mass is 319 g/mol. The second-order valence-electron chi connectivity index (χ2n) is 4.11. The molecule has 1 N–H and O–H groups in total. The molecule has 0 aromatic heterocycles. The summed E-state index contributed by atoms with van der Waals surface area (Å²) in [4.78, 5) is 12.3. The number of amides is 1. The van der Waals surface area contributed by atoms with Crippen LogP contribution in [-0.4, -0.2) is 13.0 Å². The van der Waals surface area contributed by atoms with Crippen LogP contribution in [0.3, 0.4) is 0 Å². The zero-order valence-corrected chi connectivity index (χ0v) is 12.3. The lowest BCUT2D eigenvalue weighted by Crippen LogP contribution is -2.13. The summed E-state index contributed by atoms with van der Waals surface area (Å²) in [5.41, 5.74) is 2.31. The van der Waals surface area contributed by atoms with Crippen LogP contribution >= 0.6 is 15.9 Å². The van der Waals surface area contributed by atoms with Crippen LogP contribution in [0.15, 0.2) is 46.9 Å². The number of aryl methyl sites for hydroxylation is 1. The van der Waals surface area contributed by atoms with Crippen LogP contribution in [0.5, 0.6) is 5.75 Å². The van der Waals surface area contributed by atoms with E-state index in [0.717, 1.165) is 15.7 Å². The van der Waals surface area contributed by atoms with E-state index >= 15 is 0 Å². The number of ether oxygens (including phenoxy) is 1. The summed E-state index contributed by atoms with van der Waals surface area (Å²) in [5, 5.41) is 2.89. The Bertz CT molecular complexity index is 611. The number of rotatable bonds is 3. The van der Waals surface area contributed by atoms with Gasteiger partial charge in [-0.05, 0) is 36.8 Å². The normalized spacial score (nSPS) is 10.1. The van der Waals surface area contributed by atoms with Gasteiger partial charge in [-0.15, -0.1) is 0 Å². The van der Waals surface area contributed by atoms with Crippen molar-refractivity contribution < 1.29 is 9.53 Å². The molecule has 98 valence electrons. The molecule has 0 spiro atoms. The van der Waals surface area contributed by atoms with Crippen LogP contribution < -0.4 is 10.1 Å². The molecule has 2 rings (SSSR count). The highest BCUT2D eigenvalue weighted by atomic mass is 79.9. The van der Waals surface area contributed by atoms with E-state index < -0.39 is 0 Å². The molecule has 0 radical (unpaired) electrons. The fourth-order valence-corrected chi connectivity index (χ4v) is 2.11. The van der Waals surface area contributed by atoms with Crippen molar-refractivity contribution in [3.63, 3.8) is 0 Å². The van der Waals surface area contributed by atoms with Gasteiger partial charge in [0.15, 0.2) is 0 Å². The summed E-state index contributed by atoms with van der Waals surface area (Å²) in [6.45, 7) is 1.95. The van der Waals surface area contributed by atoms with Gasteiger partial charge in [0.1, 0.15) is 5.75 Å². The van der Waals surface area contributed by atoms with Gasteiger partial charge in [0, 0.05) is 10.2 Å². The number of hydrogen-bond acceptors (Lipinski definition) is 2. The lowest BCUT2D eigenvalue weighted by molar-refractivity contribution is 0.102. The summed E-state index contributed by atoms with van der Waals surface area (Å²) in [7, 11) is 1.55. The Hall–Kier alpha value is -1.81. The molecule has 19 heavy (non-hydrogen) atoms. The van der Waals surface area contributed by atoms with E-state index in [0.29, 0.717) is 11.3 Å². The quantitative estimate of drug-likeness (QED) is 0.928. The highest BCUT2D eigenvalue weighted by Crippen LogP contribution is 2.23. The first-order chi connectivity index (χ1) is 9.11. The van der Waals surface area contributed by atoms with Crippen LogP contribution in [0, 0.1) is 6.92 Å². The maximum atomic E-state index is 12.3. The van der Waals surface area contributed by atoms with Gasteiger partial charge in [-0.25, -0.2) is 0 Å². The van der Waals surface area contributed by atoms with Gasteiger partial charge in [0.25, 0.3) is 5.91 Å². The summed E-state index contributed by atoms with van der Waals surface area (Å²) in [6.07, 6.45) is 0. The van der Waals surface area contributed by atoms with Gasteiger partial charge in [0.2, 0.25) is 0 Å². The summed E-state index contributed by atoms with van der Waals surface area (Å²) in [6, 6.07) is 12.9. The molecule has 0 atom stereocenters. The maximum Gasteiger partial charge on any atom is 0.259 e. The Morgan fingerprint density at radius 2 is 1.95 bits per heavy atom. The number of carbonyl (C=O) groups excluding carboxylic acids is 1. The van der Waals surface area contributed by atoms with Crippen molar-refractivity contribution in [2.45, 2.75) is 6.92 Å². The van der Waals surface area contributed by atoms with E-state index in [9.17, 15) is 4.79 Å². The zero-order valence-electron chi connectivity index (χ0n) is 10.7. The number of para-hydroxylation sites is 1. The van der Waals surface area contributed by atoms with Crippen LogP contribution in [0.1, 0.15) is 15.9 Å². The Balaban J connectivity index is 2.28. The number of benzene rings is 2. The zero-order chi connectivity index (χ0) is 13.8. The van der Waals surface area contributed by atoms with E-state index in [2.05, 4.69) is 21.2 Å². The third-order valence-electron chi connectivity index (χ3n) is 2.80. The molecule has 2 aromatic carbocycles. The highest BCUT2D eigenvalue weighted by molar-refractivity contribution is 9.10. The van der Waals surface area contributed by atoms with Crippen molar-refractivity contribution in [3.8, 4) is 5.75 Å². The average molecular weight is 320 g/mol. The number of halogens is 1. The molecule has 0 saturated carbocycles. The summed E-state index contributed by atoms with van der Waals surface area (Å²) < 4.78 is 6.11. The van der Waals surface area contributed by atoms with Gasteiger partial charge < -0.3 is 10.1 Å². The number of methoxy groups -OCH3 is 1. The minimum atomic E-state index is -0.182. The van der Waals surface area contributed by atoms with Crippen LogP contribution in [0.2, 0.25) is 0 Å². The van der Waals surface area contributed by atoms with Crippen molar-refractivity contribution >= 4 is 27.5 Å². The Kier molecular flexibility index (Phi) is 4.22. The van der Waals surface area contributed by atoms with E-state index in [1.165, 1.54) is 0 Å². The second kappa shape index (κ2) is 5.89. The van der Waals surface area contributed by atoms with Gasteiger partial charge in [-0.2, -0.15) is 0 Å². The number of anilines is 1. The molecule has 1 amide bonds. The lowest BCUT2D eigenvalue weighted by Gasteiger charge is -2.11. The molecule has 4 heteroatoms. The number of nitrogens with one attached hydrogen (secondary N) is 1. The second-order valence-corrected chi connectivity index (χ2v) is 5.03. The molecule has 2 aromatic rings. The number of carbonyl (C=O) groups is 1. The molecule has 0 bridgehead atoms. The molecular weight excluding hydrogens is 306 g/mol. The fraction of sp³-hybridized carbons (Fsp3) is 0.133. The van der Waals surface area contributed by atoms with Crippen LogP contribution in [0.4, 0.5) is 5.69 Å². The first-order valence-corrected chi connectivity index (χ1v) is 6.61. The molecule has 3 nitrogen and oxygen atoms in total. The van der Waals surface area contributed by atoms with E-state index in [1.807, 2.05) is 37.3 Å². The summed E-state index contributed by atoms with van der Waals surface area (Å²) in [5.74, 6) is 0.381. The third-order valence-corrected chi connectivity index (χ3v) is 3.29. The molecule has 0 aliphatic rings. The first-order valence-electron chi connectivity index (χ1n) is 5.82. The van der Waals surface area contributed by atoms with Crippen molar-refractivity contribution in [2.24, 2.45) is 0 Å². The predicted octanol–water partition coefficient (Wildman–Crippen LogP) is 4.02. The molecule has 0 saturated heterocycles. The van der Waals surface area contributed by atoms with Gasteiger partial charge in [-0.1, -0.05) is 34.1 Å². The molecule has 0 aliphatic carbocycles. The summed E-state index contributed by atoms with van der Waals surface area (Å²) >= 11 is 3.39. The van der Waals surface area contributed by atoms with E-state index in [1.54, 1.807) is 19.2 Å². The maximum absolute atomic E-state index is 12.3. The van der Waals surface area contributed by atoms with Crippen molar-refractivity contribution in [3.05, 3.63) is 58.1 Å². The standard InChI is InChI=1S/C15H14BrNO2/c1-10-7-8-11(16)9-13(10)17-15(18)12-5-3-4-6-14(12)19-2/h3-9H,1-2H3,(H,17,18). The topological polar surface area (TPSA) is 38.3 Å². The van der Waals surface area contributed by atoms with E-state index in [-0.39, 0.29) is 5.91 Å². The van der Waals surface area contributed by atoms with E-state index in [4.69, 9.17) is 4.74 Å². The predicted molar refractivity (Wildman–Crippen MR) is 79.8 cm³/mol. The van der Waals surface area contributed by atoms with Crippen molar-refractivity contribution in [2.75, 3.05) is 12.4 Å². The fourth-order valence-electron chi connectivity index (χ4n) is 1.75. The minimum absolute atomic E-state index is 0.182. The molecule has 0 fully saturated rings. The molecule has 0 heterocycles. The smallest absolute Gasteiger partial charge is 0.259 e. The first kappa shape index (κ1) is 13.6. The van der Waals surface area contributed by atoms with Crippen LogP contribution in [-0.2, 0) is 0 Å². The lowest BCUT2D eigenvalue weighted by atomic mass is 10.1. The average Bonchev–Trinajstić information content (AvgIpc) is 2.42. The van der Waals surface area contributed by atoms with Crippen molar-refractivity contribution in [1.82, 2.24) is 0 Å². The molecule has 0 unspecified atom stereocenters. The Morgan fingerprint density at radius 3 is 2.68 bits per heavy atom. The largest absolute Gasteiger partial charge is 0.496 e. The Labute approximate surface area is 120 Å². The van der Waals surface area contributed by atoms with Crippen molar-refractivity contribution in [1.29, 1.82) is 0 Å². The van der Waals surface area contributed by atoms with Crippen LogP contribution in [0.25, 0.3) is 0 Å². The minimum Gasteiger partial charge on any atom is -0.496 e. The number of hydrogen-bond donors (Lipinski definition) is 1. The molecular formula is C15H14BrNO2.